The Morgan fingerprint density at radius 3 is 3.33 bits per heavy atom. The zero-order chi connectivity index (χ0) is 19.4. The fourth-order valence-corrected chi connectivity index (χ4v) is 1.02. The van der Waals surface area contributed by atoms with E-state index in [1.165, 1.54) is 5.32 Å². The lowest BCUT2D eigenvalue weighted by atomic mass is 10.1. The van der Waals surface area contributed by atoms with Gasteiger partial charge < -0.3 is 14.8 Å². The molecule has 80 valence electrons. The standard InChI is InChI=1S/C11H13NO3/c1-7(12-2)11(13)8-3-4-9-10(5-8)15-6-14-9/h3-5,7,12H,6H2,1-2H3/i1D3,2D3,3D,4D,5D,7D. The lowest BCUT2D eigenvalue weighted by Gasteiger charge is -2.09. The molecule has 0 spiro atoms. The molecule has 0 bridgehead atoms. The maximum absolute atomic E-state index is 12.7. The quantitative estimate of drug-likeness (QED) is 0.773. The lowest BCUT2D eigenvalue weighted by molar-refractivity contribution is 0.0954. The van der Waals surface area contributed by atoms with E-state index in [1.807, 2.05) is 0 Å². The Labute approximate surface area is 102 Å². The third kappa shape index (κ3) is 1.80. The molecule has 15 heavy (non-hydrogen) atoms. The van der Waals surface area contributed by atoms with Crippen molar-refractivity contribution < 1.29 is 28.0 Å². The van der Waals surface area contributed by atoms with E-state index in [-0.39, 0.29) is 18.3 Å². The minimum Gasteiger partial charge on any atom is -0.454 e. The number of fused-ring (bicyclic) bond motifs is 1. The Bertz CT molecular complexity index is 729. The van der Waals surface area contributed by atoms with Gasteiger partial charge in [0.1, 0.15) is 0 Å². The average Bonchev–Trinajstić information content (AvgIpc) is 2.91. The number of Topliss-reactive ketones (excluding diaryl/α,β-unsaturated/α-hetero) is 1. The van der Waals surface area contributed by atoms with E-state index in [0.717, 1.165) is 0 Å². The van der Waals surface area contributed by atoms with Gasteiger partial charge in [0, 0.05) is 13.8 Å². The van der Waals surface area contributed by atoms with E-state index >= 15 is 0 Å². The van der Waals surface area contributed by atoms with Gasteiger partial charge in [0.15, 0.2) is 17.3 Å². The second-order valence-corrected chi connectivity index (χ2v) is 2.64. The molecule has 0 radical (unpaired) electrons. The Hall–Kier alpha value is -1.55. The zero-order valence-electron chi connectivity index (χ0n) is 17.4. The summed E-state index contributed by atoms with van der Waals surface area (Å²) in [6.07, 6.45) is 0. The number of hydrogen-bond donors (Lipinski definition) is 1. The Balaban J connectivity index is 2.68. The van der Waals surface area contributed by atoms with Crippen molar-refractivity contribution in [3.8, 4) is 11.5 Å². The van der Waals surface area contributed by atoms with E-state index in [0.29, 0.717) is 0 Å². The van der Waals surface area contributed by atoms with Gasteiger partial charge in [-0.2, -0.15) is 0 Å². The number of carbonyl (C=O) groups is 1. The van der Waals surface area contributed by atoms with Crippen LogP contribution in [-0.4, -0.2) is 25.6 Å². The van der Waals surface area contributed by atoms with Crippen LogP contribution in [0.25, 0.3) is 0 Å². The largest absolute Gasteiger partial charge is 0.454 e. The van der Waals surface area contributed by atoms with Crippen LogP contribution in [0.15, 0.2) is 18.1 Å². The second kappa shape index (κ2) is 3.90. The monoisotopic (exact) mass is 217 g/mol. The summed E-state index contributed by atoms with van der Waals surface area (Å²) >= 11 is 0. The molecule has 1 aromatic carbocycles. The van der Waals surface area contributed by atoms with Crippen molar-refractivity contribution in [1.29, 1.82) is 0 Å². The molecular weight excluding hydrogens is 194 g/mol. The van der Waals surface area contributed by atoms with Crippen molar-refractivity contribution in [3.05, 3.63) is 23.7 Å². The average molecular weight is 217 g/mol. The summed E-state index contributed by atoms with van der Waals surface area (Å²) in [7, 11) is 0. The highest BCUT2D eigenvalue weighted by molar-refractivity contribution is 6.00. The fourth-order valence-electron chi connectivity index (χ4n) is 1.02. The Morgan fingerprint density at radius 2 is 2.53 bits per heavy atom. The molecule has 0 aromatic heterocycles. The smallest absolute Gasteiger partial charge is 0.231 e. The van der Waals surface area contributed by atoms with E-state index in [2.05, 4.69) is 0 Å². The number of benzene rings is 1. The number of ketones is 1. The van der Waals surface area contributed by atoms with Gasteiger partial charge in [0.05, 0.1) is 11.5 Å². The summed E-state index contributed by atoms with van der Waals surface area (Å²) < 4.78 is 84.9. The Kier molecular flexibility index (Phi) is 0.907. The van der Waals surface area contributed by atoms with Crippen molar-refractivity contribution in [2.45, 2.75) is 12.9 Å². The van der Waals surface area contributed by atoms with Crippen LogP contribution in [0, 0.1) is 0 Å². The van der Waals surface area contributed by atoms with Crippen molar-refractivity contribution in [2.75, 3.05) is 13.8 Å². The van der Waals surface area contributed by atoms with Crippen LogP contribution in [0.4, 0.5) is 0 Å². The van der Waals surface area contributed by atoms with Crippen molar-refractivity contribution in [2.24, 2.45) is 0 Å². The highest BCUT2D eigenvalue weighted by atomic mass is 16.7. The van der Waals surface area contributed by atoms with E-state index in [1.54, 1.807) is 0 Å². The third-order valence-corrected chi connectivity index (χ3v) is 1.73. The normalized spacial score (nSPS) is 28.5. The first kappa shape index (κ1) is 3.49. The highest BCUT2D eigenvalue weighted by Gasteiger charge is 2.18. The summed E-state index contributed by atoms with van der Waals surface area (Å²) in [5, 5.41) is 1.47. The van der Waals surface area contributed by atoms with Crippen molar-refractivity contribution >= 4 is 5.78 Å². The SMILES string of the molecule is [2H]c1c([2H])c(C(=O)C([2H])(NC([2H])([2H])[2H])C([2H])([2H])[2H])c([2H])c2c1OCO2. The molecule has 1 unspecified atom stereocenters. The summed E-state index contributed by atoms with van der Waals surface area (Å²) in [5.74, 6) is -2.24. The molecule has 0 amide bonds. The summed E-state index contributed by atoms with van der Waals surface area (Å²) in [5.41, 5.74) is -0.905. The first-order chi connectivity index (χ1) is 11.2. The van der Waals surface area contributed by atoms with Gasteiger partial charge in [0.25, 0.3) is 0 Å². The molecule has 1 aliphatic rings. The number of hydrogen-bond acceptors (Lipinski definition) is 4. The van der Waals surface area contributed by atoms with Crippen molar-refractivity contribution in [3.63, 3.8) is 0 Å². The van der Waals surface area contributed by atoms with Crippen LogP contribution in [0.5, 0.6) is 11.5 Å². The number of likely N-dealkylation sites (N-methyl/N-ethyl adjacent to an activating group) is 1. The molecule has 1 N–H and O–H groups in total. The van der Waals surface area contributed by atoms with Crippen molar-refractivity contribution in [1.82, 2.24) is 5.32 Å². The van der Waals surface area contributed by atoms with Gasteiger partial charge in [-0.25, -0.2) is 0 Å². The van der Waals surface area contributed by atoms with Gasteiger partial charge in [-0.1, -0.05) is 0 Å². The predicted molar refractivity (Wildman–Crippen MR) is 55.4 cm³/mol. The number of nitrogens with one attached hydrogen (secondary N) is 1. The number of rotatable bonds is 3. The first-order valence-electron chi connectivity index (χ1n) is 8.94. The molecule has 1 aromatic rings. The molecular formula is C11H13NO3. The lowest BCUT2D eigenvalue weighted by Crippen LogP contribution is -2.30. The van der Waals surface area contributed by atoms with Crippen LogP contribution >= 0.6 is 0 Å². The molecule has 1 atom stereocenters. The maximum Gasteiger partial charge on any atom is 0.231 e. The number of ether oxygens (including phenoxy) is 2. The predicted octanol–water partition coefficient (Wildman–Crippen LogP) is 1.21. The minimum atomic E-state index is -3.43. The van der Waals surface area contributed by atoms with Crippen LogP contribution < -0.4 is 14.8 Å². The molecule has 1 heterocycles. The molecule has 0 aliphatic carbocycles. The third-order valence-electron chi connectivity index (χ3n) is 1.73. The molecule has 4 heteroatoms. The van der Waals surface area contributed by atoms with Gasteiger partial charge in [0.2, 0.25) is 6.79 Å². The molecule has 0 saturated heterocycles. The second-order valence-electron chi connectivity index (χ2n) is 2.64. The first-order valence-corrected chi connectivity index (χ1v) is 3.94. The minimum absolute atomic E-state index is 0.250. The summed E-state index contributed by atoms with van der Waals surface area (Å²) in [4.78, 5) is 12.7. The zero-order valence-corrected chi connectivity index (χ0v) is 7.43. The topological polar surface area (TPSA) is 47.6 Å². The Morgan fingerprint density at radius 1 is 1.67 bits per heavy atom. The number of carbonyl (C=O) groups excluding carboxylic acids is 1. The molecule has 4 nitrogen and oxygen atoms in total. The molecule has 0 fully saturated rings. The molecule has 1 aliphatic heterocycles. The van der Waals surface area contributed by atoms with E-state index in [4.69, 9.17) is 23.2 Å². The maximum atomic E-state index is 12.7. The van der Waals surface area contributed by atoms with Crippen LogP contribution in [0.3, 0.4) is 0 Å². The molecule has 0 saturated carbocycles. The van der Waals surface area contributed by atoms with Gasteiger partial charge in [-0.3, -0.25) is 4.79 Å². The van der Waals surface area contributed by atoms with Gasteiger partial charge in [-0.05, 0) is 32.0 Å². The van der Waals surface area contributed by atoms with Gasteiger partial charge in [-0.15, -0.1) is 0 Å². The van der Waals surface area contributed by atoms with Crippen LogP contribution in [0.1, 0.15) is 30.9 Å². The fraction of sp³-hybridized carbons (Fsp3) is 0.364. The summed E-state index contributed by atoms with van der Waals surface area (Å²) in [6, 6.07) is -5.59. The van der Waals surface area contributed by atoms with Crippen LogP contribution in [0.2, 0.25) is 0 Å². The van der Waals surface area contributed by atoms with Gasteiger partial charge >= 0.3 is 0 Å². The molecule has 2 rings (SSSR count). The van der Waals surface area contributed by atoms with Crippen LogP contribution in [-0.2, 0) is 0 Å². The van der Waals surface area contributed by atoms with E-state index in [9.17, 15) is 4.79 Å². The summed E-state index contributed by atoms with van der Waals surface area (Å²) in [6.45, 7) is -6.95. The van der Waals surface area contributed by atoms with E-state index < -0.39 is 49.3 Å². The highest BCUT2D eigenvalue weighted by Crippen LogP contribution is 2.32.